The Hall–Kier alpha value is -1.57. The highest BCUT2D eigenvalue weighted by molar-refractivity contribution is 5.90. The molecule has 2 aliphatic rings. The monoisotopic (exact) mass is 235 g/mol. The van der Waals surface area contributed by atoms with Crippen molar-refractivity contribution < 1.29 is 9.59 Å². The van der Waals surface area contributed by atoms with Crippen molar-refractivity contribution in [3.63, 3.8) is 0 Å². The van der Waals surface area contributed by atoms with E-state index in [1.54, 1.807) is 7.05 Å². The fourth-order valence-electron chi connectivity index (χ4n) is 2.06. The topological polar surface area (TPSA) is 73.2 Å². The summed E-state index contributed by atoms with van der Waals surface area (Å²) in [6, 6.07) is 2.40. The predicted octanol–water partition coefficient (Wildman–Crippen LogP) is 0.417. The zero-order chi connectivity index (χ0) is 12.5. The summed E-state index contributed by atoms with van der Waals surface area (Å²) in [5.41, 5.74) is -0.853. The molecule has 0 saturated heterocycles. The number of hydrogen-bond acceptors (Lipinski definition) is 3. The van der Waals surface area contributed by atoms with Crippen molar-refractivity contribution in [1.82, 2.24) is 10.2 Å². The molecule has 0 aromatic rings. The third-order valence-electron chi connectivity index (χ3n) is 3.50. The Balaban J connectivity index is 1.86. The van der Waals surface area contributed by atoms with Crippen molar-refractivity contribution >= 4 is 11.8 Å². The fourth-order valence-corrected chi connectivity index (χ4v) is 2.06. The van der Waals surface area contributed by atoms with Gasteiger partial charge in [-0.05, 0) is 32.1 Å². The number of carbonyl (C=O) groups is 2. The van der Waals surface area contributed by atoms with Crippen LogP contribution >= 0.6 is 0 Å². The lowest BCUT2D eigenvalue weighted by atomic mass is 9.69. The SMILES string of the molecule is CN(CC(=O)NC1CC1)C(=O)C1(C#N)CCC1. The van der Waals surface area contributed by atoms with Gasteiger partial charge in [-0.25, -0.2) is 0 Å². The lowest BCUT2D eigenvalue weighted by Gasteiger charge is -2.36. The second kappa shape index (κ2) is 4.36. The van der Waals surface area contributed by atoms with Gasteiger partial charge in [0, 0.05) is 13.1 Å². The molecule has 2 aliphatic carbocycles. The van der Waals surface area contributed by atoms with Gasteiger partial charge in [-0.15, -0.1) is 0 Å². The molecular formula is C12H17N3O2. The van der Waals surface area contributed by atoms with Crippen LogP contribution in [0, 0.1) is 16.7 Å². The highest BCUT2D eigenvalue weighted by Gasteiger charge is 2.46. The highest BCUT2D eigenvalue weighted by atomic mass is 16.2. The number of likely N-dealkylation sites (N-methyl/N-ethyl adjacent to an activating group) is 1. The highest BCUT2D eigenvalue weighted by Crippen LogP contribution is 2.41. The zero-order valence-corrected chi connectivity index (χ0v) is 10.0. The van der Waals surface area contributed by atoms with E-state index in [4.69, 9.17) is 5.26 Å². The molecule has 2 amide bonds. The summed E-state index contributed by atoms with van der Waals surface area (Å²) in [6.45, 7) is 0.0543. The van der Waals surface area contributed by atoms with Gasteiger partial charge < -0.3 is 10.2 Å². The number of rotatable bonds is 4. The van der Waals surface area contributed by atoms with E-state index >= 15 is 0 Å². The molecular weight excluding hydrogens is 218 g/mol. The summed E-state index contributed by atoms with van der Waals surface area (Å²) in [6.07, 6.45) is 4.23. The van der Waals surface area contributed by atoms with Crippen LogP contribution in [-0.2, 0) is 9.59 Å². The summed E-state index contributed by atoms with van der Waals surface area (Å²) in [7, 11) is 1.59. The predicted molar refractivity (Wildman–Crippen MR) is 60.7 cm³/mol. The molecule has 17 heavy (non-hydrogen) atoms. The minimum atomic E-state index is -0.853. The number of nitrogens with one attached hydrogen (secondary N) is 1. The van der Waals surface area contributed by atoms with Gasteiger partial charge in [-0.1, -0.05) is 0 Å². The number of carbonyl (C=O) groups excluding carboxylic acids is 2. The second-order valence-corrected chi connectivity index (χ2v) is 5.05. The Morgan fingerprint density at radius 3 is 2.53 bits per heavy atom. The molecule has 0 unspecified atom stereocenters. The van der Waals surface area contributed by atoms with Crippen molar-refractivity contribution in [3.8, 4) is 6.07 Å². The molecule has 0 atom stereocenters. The third kappa shape index (κ3) is 2.41. The van der Waals surface area contributed by atoms with Crippen molar-refractivity contribution in [3.05, 3.63) is 0 Å². The average Bonchev–Trinajstić information content (AvgIpc) is 3.00. The Labute approximate surface area is 101 Å². The van der Waals surface area contributed by atoms with Gasteiger partial charge in [0.05, 0.1) is 12.6 Å². The number of amides is 2. The standard InChI is InChI=1S/C12H17N3O2/c1-15(7-10(16)14-9-3-4-9)11(17)12(8-13)5-2-6-12/h9H,2-7H2,1H3,(H,14,16). The first-order valence-electron chi connectivity index (χ1n) is 6.03. The summed E-state index contributed by atoms with van der Waals surface area (Å²) in [4.78, 5) is 25.0. The molecule has 0 radical (unpaired) electrons. The van der Waals surface area contributed by atoms with Crippen LogP contribution in [0.25, 0.3) is 0 Å². The molecule has 0 spiro atoms. The summed E-state index contributed by atoms with van der Waals surface area (Å²) >= 11 is 0. The van der Waals surface area contributed by atoms with Crippen LogP contribution in [0.5, 0.6) is 0 Å². The molecule has 0 bridgehead atoms. The van der Waals surface area contributed by atoms with Gasteiger partial charge in [0.25, 0.3) is 0 Å². The molecule has 0 aromatic carbocycles. The van der Waals surface area contributed by atoms with E-state index in [1.165, 1.54) is 4.90 Å². The van der Waals surface area contributed by atoms with Crippen LogP contribution in [0.1, 0.15) is 32.1 Å². The smallest absolute Gasteiger partial charge is 0.243 e. The van der Waals surface area contributed by atoms with Gasteiger partial charge in [0.2, 0.25) is 11.8 Å². The van der Waals surface area contributed by atoms with E-state index in [0.29, 0.717) is 18.9 Å². The van der Waals surface area contributed by atoms with Gasteiger partial charge >= 0.3 is 0 Å². The minimum Gasteiger partial charge on any atom is -0.352 e. The van der Waals surface area contributed by atoms with E-state index in [2.05, 4.69) is 11.4 Å². The lowest BCUT2D eigenvalue weighted by Crippen LogP contribution is -2.48. The Morgan fingerprint density at radius 1 is 1.47 bits per heavy atom. The van der Waals surface area contributed by atoms with Crippen LogP contribution < -0.4 is 5.32 Å². The normalized spacial score (nSPS) is 20.9. The quantitative estimate of drug-likeness (QED) is 0.767. The number of hydrogen-bond donors (Lipinski definition) is 1. The average molecular weight is 235 g/mol. The molecule has 92 valence electrons. The van der Waals surface area contributed by atoms with E-state index in [0.717, 1.165) is 19.3 Å². The third-order valence-corrected chi connectivity index (χ3v) is 3.50. The van der Waals surface area contributed by atoms with Gasteiger partial charge in [-0.2, -0.15) is 5.26 Å². The van der Waals surface area contributed by atoms with E-state index in [-0.39, 0.29) is 18.4 Å². The first kappa shape index (κ1) is 11.9. The molecule has 1 N–H and O–H groups in total. The van der Waals surface area contributed by atoms with Gasteiger partial charge in [0.1, 0.15) is 5.41 Å². The first-order valence-corrected chi connectivity index (χ1v) is 6.03. The van der Waals surface area contributed by atoms with Crippen molar-refractivity contribution in [2.75, 3.05) is 13.6 Å². The maximum absolute atomic E-state index is 12.0. The largest absolute Gasteiger partial charge is 0.352 e. The van der Waals surface area contributed by atoms with E-state index < -0.39 is 5.41 Å². The van der Waals surface area contributed by atoms with Crippen LogP contribution in [0.15, 0.2) is 0 Å². The van der Waals surface area contributed by atoms with Crippen LogP contribution in [0.3, 0.4) is 0 Å². The van der Waals surface area contributed by atoms with Crippen LogP contribution in [0.4, 0.5) is 0 Å². The summed E-state index contributed by atoms with van der Waals surface area (Å²) < 4.78 is 0. The molecule has 2 saturated carbocycles. The zero-order valence-electron chi connectivity index (χ0n) is 10.0. The van der Waals surface area contributed by atoms with Crippen molar-refractivity contribution in [2.45, 2.75) is 38.1 Å². The minimum absolute atomic E-state index is 0.0543. The number of nitriles is 1. The van der Waals surface area contributed by atoms with Gasteiger partial charge in [0.15, 0.2) is 0 Å². The van der Waals surface area contributed by atoms with E-state index in [1.807, 2.05) is 0 Å². The summed E-state index contributed by atoms with van der Waals surface area (Å²) in [5, 5.41) is 11.9. The van der Waals surface area contributed by atoms with E-state index in [9.17, 15) is 9.59 Å². The van der Waals surface area contributed by atoms with Crippen LogP contribution in [-0.4, -0.2) is 36.3 Å². The van der Waals surface area contributed by atoms with Crippen LogP contribution in [0.2, 0.25) is 0 Å². The maximum Gasteiger partial charge on any atom is 0.243 e. The molecule has 0 aliphatic heterocycles. The molecule has 0 aromatic heterocycles. The molecule has 2 rings (SSSR count). The lowest BCUT2D eigenvalue weighted by molar-refractivity contribution is -0.144. The van der Waals surface area contributed by atoms with Gasteiger partial charge in [-0.3, -0.25) is 9.59 Å². The Bertz CT molecular complexity index is 378. The second-order valence-electron chi connectivity index (χ2n) is 5.05. The van der Waals surface area contributed by atoms with Crippen molar-refractivity contribution in [2.24, 2.45) is 5.41 Å². The first-order chi connectivity index (χ1) is 8.07. The summed E-state index contributed by atoms with van der Waals surface area (Å²) in [5.74, 6) is -0.340. The fraction of sp³-hybridized carbons (Fsp3) is 0.750. The number of nitrogens with zero attached hydrogens (tertiary/aromatic N) is 2. The molecule has 5 nitrogen and oxygen atoms in total. The molecule has 0 heterocycles. The maximum atomic E-state index is 12.0. The Morgan fingerprint density at radius 2 is 2.12 bits per heavy atom. The van der Waals surface area contributed by atoms with Crippen molar-refractivity contribution in [1.29, 1.82) is 5.26 Å². The molecule has 2 fully saturated rings. The Kier molecular flexibility index (Phi) is 3.05. The molecule has 5 heteroatoms.